The maximum atomic E-state index is 4.98. The fourth-order valence-electron chi connectivity index (χ4n) is 21.4. The van der Waals surface area contributed by atoms with Crippen LogP contribution in [0.15, 0.2) is 510 Å². The molecule has 30 rings (SSSR count). The van der Waals surface area contributed by atoms with Gasteiger partial charge in [-0.15, -0.1) is 34.0 Å². The lowest BCUT2D eigenvalue weighted by atomic mass is 9.97. The van der Waals surface area contributed by atoms with Gasteiger partial charge < -0.3 is 13.7 Å². The number of rotatable bonds is 15. The number of benzene rings is 21. The van der Waals surface area contributed by atoms with E-state index in [2.05, 4.69) is 341 Å². The molecule has 0 unspecified atom stereocenters. The van der Waals surface area contributed by atoms with Crippen molar-refractivity contribution < 1.29 is 0 Å². The summed E-state index contributed by atoms with van der Waals surface area (Å²) in [5, 5.41) is 15.2. The van der Waals surface area contributed by atoms with E-state index in [1.807, 2.05) is 216 Å². The summed E-state index contributed by atoms with van der Waals surface area (Å²) in [6, 6.07) is 179. The number of fused-ring (bicyclic) bond motifs is 21. The summed E-state index contributed by atoms with van der Waals surface area (Å²) in [4.78, 5) is 44.5. The highest BCUT2D eigenvalue weighted by atomic mass is 32.1. The normalized spacial score (nSPS) is 11.6. The second-order valence-electron chi connectivity index (χ2n) is 37.3. The molecule has 12 nitrogen and oxygen atoms in total. The van der Waals surface area contributed by atoms with Crippen molar-refractivity contribution in [3.8, 4) is 153 Å². The van der Waals surface area contributed by atoms with Crippen LogP contribution < -0.4 is 0 Å². The molecule has 0 amide bonds. The Hall–Kier alpha value is -19.3. The van der Waals surface area contributed by atoms with Crippen molar-refractivity contribution in [1.29, 1.82) is 0 Å². The number of thiophene rings is 3. The highest BCUT2D eigenvalue weighted by Crippen LogP contribution is 2.52. The second-order valence-corrected chi connectivity index (χ2v) is 40.5. The molecule has 9 heterocycles. The van der Waals surface area contributed by atoms with Gasteiger partial charge in [-0.05, 0) is 155 Å². The Morgan fingerprint density at radius 2 is 0.413 bits per heavy atom. The third-order valence-electron chi connectivity index (χ3n) is 28.4. The highest BCUT2D eigenvalue weighted by molar-refractivity contribution is 7.27. The molecular weight excluding hydrogens is 1890 g/mol. The van der Waals surface area contributed by atoms with Gasteiger partial charge in [-0.1, -0.05) is 382 Å². The molecule has 0 radical (unpaired) electrons. The van der Waals surface area contributed by atoms with Crippen LogP contribution in [0.25, 0.3) is 279 Å². The molecule has 0 aliphatic rings. The summed E-state index contributed by atoms with van der Waals surface area (Å²) < 4.78 is 15.1. The number of aromatic nitrogens is 12. The van der Waals surface area contributed by atoms with Gasteiger partial charge in [0.1, 0.15) is 0 Å². The van der Waals surface area contributed by atoms with Gasteiger partial charge in [-0.25, -0.2) is 44.9 Å². The van der Waals surface area contributed by atoms with E-state index < -0.39 is 0 Å². The van der Waals surface area contributed by atoms with Crippen LogP contribution in [0.3, 0.4) is 0 Å². The summed E-state index contributed by atoms with van der Waals surface area (Å²) in [5.74, 6) is 5.85. The quantitative estimate of drug-likeness (QED) is 0.0984. The molecule has 0 saturated carbocycles. The molecule has 150 heavy (non-hydrogen) atoms. The van der Waals surface area contributed by atoms with Gasteiger partial charge in [0.2, 0.25) is 0 Å². The number of hydrogen-bond acceptors (Lipinski definition) is 12. The Labute approximate surface area is 874 Å². The Bertz CT molecular complexity index is 10100. The molecule has 702 valence electrons. The lowest BCUT2D eigenvalue weighted by molar-refractivity contribution is 1.07. The maximum absolute atomic E-state index is 4.98. The van der Waals surface area contributed by atoms with Crippen molar-refractivity contribution in [2.24, 2.45) is 0 Å². The van der Waals surface area contributed by atoms with Crippen LogP contribution >= 0.6 is 34.0 Å². The largest absolute Gasteiger partial charge is 0.309 e. The third kappa shape index (κ3) is 15.9. The van der Waals surface area contributed by atoms with Crippen molar-refractivity contribution in [3.05, 3.63) is 510 Å². The summed E-state index contributed by atoms with van der Waals surface area (Å²) in [7, 11) is 0. The Balaban J connectivity index is 0.000000108. The first-order valence-electron chi connectivity index (χ1n) is 50.1. The standard InChI is InChI=1S/3C45H28N4S/c1-4-14-29(15-5-1)36-28-37-34-20-10-12-22-38(34)49(41(37)40-35-21-11-13-23-39(35)50-42(36)40)33-26-24-32(25-27-33)45-47-43(30-16-6-2-7-17-30)46-44(48-45)31-18-8-3-9-19-31;1-4-14-29(15-5-1)36-28-39-41(35-21-11-13-23-38(35)50-39)42-40(36)34-20-10-12-22-37(34)49(42)33-26-24-32(25-27-33)45-47-43(30-16-6-2-7-17-30)46-44(48-45)31-18-8-3-9-19-31;1-4-12-29(13-5-1)33-22-25-35-36-26-27-40-41(37-18-10-11-19-39(37)50-40)42(36)49(38(35)28-33)34-23-20-32(21-24-34)45-47-43(30-14-6-2-7-15-30)46-44(48-45)31-16-8-3-9-17-31/h3*1-28H. The monoisotopic (exact) mass is 1970 g/mol. The maximum Gasteiger partial charge on any atom is 0.164 e. The first-order valence-corrected chi connectivity index (χ1v) is 52.6. The van der Waals surface area contributed by atoms with Crippen molar-refractivity contribution in [2.75, 3.05) is 0 Å². The number of nitrogens with zero attached hydrogens (tertiary/aromatic N) is 12. The van der Waals surface area contributed by atoms with Crippen LogP contribution in [-0.2, 0) is 0 Å². The molecule has 0 aliphatic heterocycles. The molecule has 0 spiro atoms. The summed E-state index contributed by atoms with van der Waals surface area (Å²) in [5.41, 5.74) is 26.4. The molecule has 0 N–H and O–H groups in total. The molecule has 9 aromatic heterocycles. The zero-order valence-electron chi connectivity index (χ0n) is 80.6. The second kappa shape index (κ2) is 37.7. The molecule has 21 aromatic carbocycles. The minimum atomic E-state index is 0.643. The summed E-state index contributed by atoms with van der Waals surface area (Å²) in [6.07, 6.45) is 0. The molecule has 0 atom stereocenters. The van der Waals surface area contributed by atoms with E-state index >= 15 is 0 Å². The van der Waals surface area contributed by atoms with E-state index in [4.69, 9.17) is 44.9 Å². The van der Waals surface area contributed by atoms with Crippen molar-refractivity contribution in [3.63, 3.8) is 0 Å². The molecule has 0 fully saturated rings. The predicted octanol–water partition coefficient (Wildman–Crippen LogP) is 36.0. The summed E-state index contributed by atoms with van der Waals surface area (Å²) in [6.45, 7) is 0. The Kier molecular flexibility index (Phi) is 22.2. The van der Waals surface area contributed by atoms with Crippen molar-refractivity contribution in [1.82, 2.24) is 58.6 Å². The fraction of sp³-hybridized carbons (Fsp3) is 0. The number of para-hydroxylation sites is 2. The van der Waals surface area contributed by atoms with Gasteiger partial charge in [0.15, 0.2) is 52.4 Å². The first-order chi connectivity index (χ1) is 74.4. The molecular formula is C135H84N12S3. The average Bonchev–Trinajstić information content (AvgIpc) is 1.55. The number of hydrogen-bond donors (Lipinski definition) is 0. The lowest BCUT2D eigenvalue weighted by Gasteiger charge is -2.12. The highest BCUT2D eigenvalue weighted by Gasteiger charge is 2.28. The molecule has 0 bridgehead atoms. The van der Waals surface area contributed by atoms with Crippen LogP contribution in [0.1, 0.15) is 0 Å². The SMILES string of the molecule is c1ccc(-c2ccc3c4ccc5sc6ccccc6c5c4n(-c4ccc(-c5nc(-c6ccccc6)nc(-c6ccccc6)n5)cc4)c3c2)cc1.c1ccc(-c2nc(-c3ccccc3)nc(-c3ccc(-n4c5ccccc5c5c(-c6ccccc6)cc6sc7ccccc7c6c54)cc3)n2)cc1.c1ccc(-c2nc(-c3ccccc3)nc(-c3ccc(-n4c5ccccc5c5cc(-c6ccccc6)c6sc7ccccc7c6c54)cc3)n2)cc1. The van der Waals surface area contributed by atoms with Crippen LogP contribution in [0.2, 0.25) is 0 Å². The van der Waals surface area contributed by atoms with Crippen molar-refractivity contribution >= 4 is 160 Å². The van der Waals surface area contributed by atoms with Crippen LogP contribution in [0.4, 0.5) is 0 Å². The minimum Gasteiger partial charge on any atom is -0.309 e. The zero-order valence-corrected chi connectivity index (χ0v) is 83.0. The topological polar surface area (TPSA) is 131 Å². The van der Waals surface area contributed by atoms with E-state index in [1.54, 1.807) is 0 Å². The van der Waals surface area contributed by atoms with Gasteiger partial charge in [-0.2, -0.15) is 0 Å². The van der Waals surface area contributed by atoms with Gasteiger partial charge in [0, 0.05) is 166 Å². The molecule has 15 heteroatoms. The average molecular weight is 1970 g/mol. The summed E-state index contributed by atoms with van der Waals surface area (Å²) >= 11 is 5.59. The third-order valence-corrected chi connectivity index (χ3v) is 31.8. The van der Waals surface area contributed by atoms with Crippen LogP contribution in [0.5, 0.6) is 0 Å². The van der Waals surface area contributed by atoms with Crippen molar-refractivity contribution in [2.45, 2.75) is 0 Å². The lowest BCUT2D eigenvalue weighted by Crippen LogP contribution is -2.00. The van der Waals surface area contributed by atoms with E-state index in [-0.39, 0.29) is 0 Å². The van der Waals surface area contributed by atoms with E-state index in [0.717, 1.165) is 67.1 Å². The van der Waals surface area contributed by atoms with Gasteiger partial charge in [0.05, 0.1) is 33.1 Å². The molecule has 30 aromatic rings. The molecule has 0 aliphatic carbocycles. The predicted molar refractivity (Wildman–Crippen MR) is 626 cm³/mol. The molecule has 0 saturated heterocycles. The van der Waals surface area contributed by atoms with Gasteiger partial charge in [-0.3, -0.25) is 0 Å². The van der Waals surface area contributed by atoms with E-state index in [9.17, 15) is 0 Å². The minimum absolute atomic E-state index is 0.643. The first kappa shape index (κ1) is 88.4. The van der Waals surface area contributed by atoms with Gasteiger partial charge in [0.25, 0.3) is 0 Å². The zero-order chi connectivity index (χ0) is 99.1. The van der Waals surface area contributed by atoms with E-state index in [1.165, 1.54) is 159 Å². The van der Waals surface area contributed by atoms with Crippen LogP contribution in [0, 0.1) is 0 Å². The van der Waals surface area contributed by atoms with Gasteiger partial charge >= 0.3 is 0 Å². The smallest absolute Gasteiger partial charge is 0.164 e. The van der Waals surface area contributed by atoms with E-state index in [0.29, 0.717) is 52.4 Å². The fourth-order valence-corrected chi connectivity index (χ4v) is 24.9. The Morgan fingerprint density at radius 1 is 0.140 bits per heavy atom. The Morgan fingerprint density at radius 3 is 0.820 bits per heavy atom. The van der Waals surface area contributed by atoms with Crippen LogP contribution in [-0.4, -0.2) is 58.6 Å².